The average molecular weight is 435 g/mol. The Balaban J connectivity index is 1.62. The summed E-state index contributed by atoms with van der Waals surface area (Å²) >= 11 is 1.32. The van der Waals surface area contributed by atoms with E-state index in [1.807, 2.05) is 69.3 Å². The van der Waals surface area contributed by atoms with E-state index in [9.17, 15) is 9.59 Å². The number of anilines is 1. The Morgan fingerprint density at radius 3 is 2.65 bits per heavy atom. The molecule has 6 nitrogen and oxygen atoms in total. The van der Waals surface area contributed by atoms with E-state index in [0.717, 1.165) is 28.9 Å². The number of hydrogen-bond acceptors (Lipinski definition) is 5. The summed E-state index contributed by atoms with van der Waals surface area (Å²) in [5.41, 5.74) is 3.44. The van der Waals surface area contributed by atoms with Gasteiger partial charge < -0.3 is 5.32 Å². The van der Waals surface area contributed by atoms with Gasteiger partial charge in [-0.3, -0.25) is 14.6 Å². The molecule has 31 heavy (non-hydrogen) atoms. The first kappa shape index (κ1) is 21.3. The van der Waals surface area contributed by atoms with E-state index in [-0.39, 0.29) is 17.1 Å². The van der Waals surface area contributed by atoms with Crippen molar-refractivity contribution in [3.8, 4) is 0 Å². The molecule has 2 aliphatic heterocycles. The number of nitrogens with zero attached hydrogens (tertiary/aromatic N) is 3. The van der Waals surface area contributed by atoms with Gasteiger partial charge in [-0.2, -0.15) is 0 Å². The van der Waals surface area contributed by atoms with Crippen molar-refractivity contribution in [3.63, 3.8) is 0 Å². The molecule has 2 aliphatic rings. The minimum absolute atomic E-state index is 0.0632. The van der Waals surface area contributed by atoms with Crippen LogP contribution in [0.3, 0.4) is 0 Å². The van der Waals surface area contributed by atoms with Gasteiger partial charge in [0.15, 0.2) is 5.17 Å². The van der Waals surface area contributed by atoms with Crippen molar-refractivity contribution in [2.75, 3.05) is 5.32 Å². The van der Waals surface area contributed by atoms with E-state index in [4.69, 9.17) is 9.98 Å². The van der Waals surface area contributed by atoms with Crippen LogP contribution < -0.4 is 5.32 Å². The molecular weight excluding hydrogens is 408 g/mol. The second kappa shape index (κ2) is 9.06. The van der Waals surface area contributed by atoms with Gasteiger partial charge in [0.2, 0.25) is 5.91 Å². The normalized spacial score (nSPS) is 18.1. The van der Waals surface area contributed by atoms with Crippen molar-refractivity contribution in [1.82, 2.24) is 4.90 Å². The maximum Gasteiger partial charge on any atom is 0.259 e. The fraction of sp³-hybridized carbons (Fsp3) is 0.333. The number of fused-ring (bicyclic) bond motifs is 3. The minimum atomic E-state index is -0.391. The Hall–Kier alpha value is -2.93. The molecule has 2 heterocycles. The van der Waals surface area contributed by atoms with Crippen molar-refractivity contribution in [1.29, 1.82) is 0 Å². The van der Waals surface area contributed by atoms with Crippen LogP contribution in [-0.4, -0.2) is 39.0 Å². The molecule has 7 heteroatoms. The maximum absolute atomic E-state index is 13.1. The maximum atomic E-state index is 13.1. The molecule has 2 aromatic carbocycles. The van der Waals surface area contributed by atoms with Crippen LogP contribution in [0.15, 0.2) is 58.5 Å². The van der Waals surface area contributed by atoms with Gasteiger partial charge >= 0.3 is 0 Å². The molecular formula is C24H26N4O2S. The van der Waals surface area contributed by atoms with Crippen LogP contribution in [0.4, 0.5) is 11.4 Å². The first-order chi connectivity index (χ1) is 15.0. The molecule has 0 unspecified atom stereocenters. The zero-order valence-electron chi connectivity index (χ0n) is 18.0. The topological polar surface area (TPSA) is 74.1 Å². The Labute approximate surface area is 186 Å². The summed E-state index contributed by atoms with van der Waals surface area (Å²) < 4.78 is 0. The predicted octanol–water partition coefficient (Wildman–Crippen LogP) is 4.90. The second-order valence-corrected chi connectivity index (χ2v) is 8.83. The molecule has 0 bridgehead atoms. The summed E-state index contributed by atoms with van der Waals surface area (Å²) in [7, 11) is 0. The van der Waals surface area contributed by atoms with E-state index in [0.29, 0.717) is 23.8 Å². The number of amides is 2. The number of rotatable bonds is 6. The Morgan fingerprint density at radius 1 is 1.16 bits per heavy atom. The SMILES string of the molecule is CCC[C@H]1N=C2c3ccccc3N=C(S[C@@H](CC)C(=O)Nc3ccccc3C)N2C1=O. The highest BCUT2D eigenvalue weighted by Crippen LogP contribution is 2.36. The van der Waals surface area contributed by atoms with Gasteiger partial charge in [0.1, 0.15) is 11.9 Å². The van der Waals surface area contributed by atoms with Crippen LogP contribution in [0, 0.1) is 6.92 Å². The summed E-state index contributed by atoms with van der Waals surface area (Å²) in [5.74, 6) is 0.482. The van der Waals surface area contributed by atoms with Gasteiger partial charge in [0, 0.05) is 11.3 Å². The van der Waals surface area contributed by atoms with Crippen LogP contribution in [0.25, 0.3) is 0 Å². The van der Waals surface area contributed by atoms with Gasteiger partial charge in [0.25, 0.3) is 5.91 Å². The third-order valence-electron chi connectivity index (χ3n) is 5.42. The quantitative estimate of drug-likeness (QED) is 0.702. The van der Waals surface area contributed by atoms with Crippen molar-refractivity contribution in [2.45, 2.75) is 51.3 Å². The van der Waals surface area contributed by atoms with Gasteiger partial charge in [0.05, 0.1) is 10.9 Å². The second-order valence-electron chi connectivity index (χ2n) is 7.66. The standard InChI is InChI=1S/C24H26N4O2S/c1-4-10-19-23(30)28-21(25-19)16-12-7-9-14-18(16)27-24(28)31-20(5-2)22(29)26-17-13-8-6-11-15(17)3/h6-9,11-14,19-20H,4-5,10H2,1-3H3,(H,26,29)/t19-,20+/m1/s1. The highest BCUT2D eigenvalue weighted by molar-refractivity contribution is 8.15. The first-order valence-corrected chi connectivity index (χ1v) is 11.5. The lowest BCUT2D eigenvalue weighted by atomic mass is 10.1. The molecule has 2 amide bonds. The lowest BCUT2D eigenvalue weighted by Gasteiger charge is -2.27. The monoisotopic (exact) mass is 434 g/mol. The summed E-state index contributed by atoms with van der Waals surface area (Å²) in [6, 6.07) is 15.0. The zero-order valence-corrected chi connectivity index (χ0v) is 18.8. The molecule has 2 atom stereocenters. The molecule has 0 spiro atoms. The zero-order chi connectivity index (χ0) is 22.0. The molecule has 0 saturated heterocycles. The number of thioether (sulfide) groups is 1. The Kier molecular flexibility index (Phi) is 6.23. The number of benzene rings is 2. The number of carbonyl (C=O) groups is 2. The van der Waals surface area contributed by atoms with Crippen LogP contribution in [0.5, 0.6) is 0 Å². The summed E-state index contributed by atoms with van der Waals surface area (Å²) in [6.07, 6.45) is 2.18. The summed E-state index contributed by atoms with van der Waals surface area (Å²) in [6.45, 7) is 5.98. The molecule has 2 aromatic rings. The molecule has 0 aliphatic carbocycles. The first-order valence-electron chi connectivity index (χ1n) is 10.7. The fourth-order valence-electron chi connectivity index (χ4n) is 3.72. The highest BCUT2D eigenvalue weighted by Gasteiger charge is 2.42. The number of aryl methyl sites for hydroxylation is 1. The summed E-state index contributed by atoms with van der Waals surface area (Å²) in [5, 5.41) is 3.16. The van der Waals surface area contributed by atoms with Crippen LogP contribution >= 0.6 is 11.8 Å². The lowest BCUT2D eigenvalue weighted by Crippen LogP contribution is -2.42. The number of hydrogen-bond donors (Lipinski definition) is 1. The van der Waals surface area contributed by atoms with Crippen LogP contribution in [0.1, 0.15) is 44.2 Å². The Morgan fingerprint density at radius 2 is 1.90 bits per heavy atom. The van der Waals surface area contributed by atoms with E-state index in [1.54, 1.807) is 4.90 Å². The molecule has 0 aromatic heterocycles. The van der Waals surface area contributed by atoms with E-state index in [2.05, 4.69) is 5.32 Å². The third kappa shape index (κ3) is 4.14. The number of aliphatic imine (C=N–C) groups is 2. The van der Waals surface area contributed by atoms with Gasteiger partial charge in [-0.25, -0.2) is 9.89 Å². The number of carbonyl (C=O) groups excluding carboxylic acids is 2. The van der Waals surface area contributed by atoms with Crippen LogP contribution in [-0.2, 0) is 9.59 Å². The minimum Gasteiger partial charge on any atom is -0.325 e. The summed E-state index contributed by atoms with van der Waals surface area (Å²) in [4.78, 5) is 37.3. The largest absolute Gasteiger partial charge is 0.325 e. The average Bonchev–Trinajstić information content (AvgIpc) is 3.10. The van der Waals surface area contributed by atoms with E-state index < -0.39 is 6.04 Å². The third-order valence-corrected chi connectivity index (χ3v) is 6.74. The van der Waals surface area contributed by atoms with Crippen molar-refractivity contribution in [3.05, 3.63) is 59.7 Å². The lowest BCUT2D eigenvalue weighted by molar-refractivity contribution is -0.124. The van der Waals surface area contributed by atoms with E-state index in [1.165, 1.54) is 11.8 Å². The van der Waals surface area contributed by atoms with Gasteiger partial charge in [-0.15, -0.1) is 0 Å². The van der Waals surface area contributed by atoms with Crippen LogP contribution in [0.2, 0.25) is 0 Å². The predicted molar refractivity (Wildman–Crippen MR) is 127 cm³/mol. The van der Waals surface area contributed by atoms with Crippen molar-refractivity contribution >= 4 is 46.0 Å². The smallest absolute Gasteiger partial charge is 0.259 e. The number of amidine groups is 2. The highest BCUT2D eigenvalue weighted by atomic mass is 32.2. The molecule has 0 fully saturated rings. The number of nitrogens with one attached hydrogen (secondary N) is 1. The fourth-order valence-corrected chi connectivity index (χ4v) is 4.74. The molecule has 160 valence electrons. The molecule has 4 rings (SSSR count). The molecule has 0 radical (unpaired) electrons. The van der Waals surface area contributed by atoms with Crippen molar-refractivity contribution < 1.29 is 9.59 Å². The Bertz CT molecular complexity index is 1080. The van der Waals surface area contributed by atoms with Gasteiger partial charge in [-0.1, -0.05) is 62.4 Å². The van der Waals surface area contributed by atoms with E-state index >= 15 is 0 Å². The number of para-hydroxylation sites is 2. The molecule has 1 N–H and O–H groups in total. The van der Waals surface area contributed by atoms with Gasteiger partial charge in [-0.05, 0) is 43.5 Å². The molecule has 0 saturated carbocycles. The van der Waals surface area contributed by atoms with Crippen molar-refractivity contribution in [2.24, 2.45) is 9.98 Å².